The molecule has 28 heavy (non-hydrogen) atoms. The Morgan fingerprint density at radius 3 is 2.57 bits per heavy atom. The van der Waals surface area contributed by atoms with Crippen LogP contribution in [0.2, 0.25) is 0 Å². The van der Waals surface area contributed by atoms with Crippen molar-refractivity contribution in [1.29, 1.82) is 0 Å². The molecular formula is C21H32O7. The van der Waals surface area contributed by atoms with Gasteiger partial charge in [0.05, 0.1) is 19.8 Å². The molecule has 5 atom stereocenters. The molecule has 3 rings (SSSR count). The van der Waals surface area contributed by atoms with Gasteiger partial charge < -0.3 is 33.9 Å². The second-order valence-electron chi connectivity index (χ2n) is 7.79. The number of hydrogen-bond acceptors (Lipinski definition) is 7. The molecule has 158 valence electrons. The Bertz CT molecular complexity index is 603. The summed E-state index contributed by atoms with van der Waals surface area (Å²) >= 11 is 0. The summed E-state index contributed by atoms with van der Waals surface area (Å²) in [5.41, 5.74) is 0.972. The topological polar surface area (TPSA) is 86.6 Å². The van der Waals surface area contributed by atoms with Gasteiger partial charge in [0.15, 0.2) is 12.1 Å². The van der Waals surface area contributed by atoms with Crippen LogP contribution in [0.25, 0.3) is 0 Å². The van der Waals surface area contributed by atoms with E-state index in [1.807, 2.05) is 38.1 Å². The fraction of sp³-hybridized carbons (Fsp3) is 0.714. The molecule has 2 N–H and O–H groups in total. The van der Waals surface area contributed by atoms with E-state index in [9.17, 15) is 10.2 Å². The fourth-order valence-electron chi connectivity index (χ4n) is 3.52. The van der Waals surface area contributed by atoms with Gasteiger partial charge in [-0.1, -0.05) is 31.9 Å². The minimum absolute atomic E-state index is 0.325. The Morgan fingerprint density at radius 2 is 1.89 bits per heavy atom. The molecule has 2 saturated heterocycles. The summed E-state index contributed by atoms with van der Waals surface area (Å²) in [5.74, 6) is 0.0648. The molecule has 0 saturated carbocycles. The molecule has 2 aliphatic heterocycles. The number of aliphatic hydroxyl groups is 2. The van der Waals surface area contributed by atoms with Crippen LogP contribution in [0.4, 0.5) is 0 Å². The summed E-state index contributed by atoms with van der Waals surface area (Å²) in [5, 5.41) is 19.4. The van der Waals surface area contributed by atoms with E-state index in [-0.39, 0.29) is 0 Å². The maximum absolute atomic E-state index is 10.1. The SMILES string of the molecule is CCCCCOc1ccc(COC2C(C(O)CO)OC3OC(C)(C)OC32)cc1. The maximum atomic E-state index is 10.1. The molecule has 1 aromatic rings. The molecule has 7 nitrogen and oxygen atoms in total. The highest BCUT2D eigenvalue weighted by molar-refractivity contribution is 5.26. The number of fused-ring (bicyclic) bond motifs is 1. The van der Waals surface area contributed by atoms with Crippen LogP contribution in [-0.4, -0.2) is 59.9 Å². The van der Waals surface area contributed by atoms with E-state index in [1.54, 1.807) is 0 Å². The van der Waals surface area contributed by atoms with Crippen LogP contribution < -0.4 is 4.74 Å². The van der Waals surface area contributed by atoms with Gasteiger partial charge in [0.25, 0.3) is 0 Å². The number of ether oxygens (including phenoxy) is 5. The lowest BCUT2D eigenvalue weighted by atomic mass is 10.1. The number of aliphatic hydroxyl groups excluding tert-OH is 2. The molecule has 5 unspecified atom stereocenters. The first-order valence-corrected chi connectivity index (χ1v) is 10.1. The van der Waals surface area contributed by atoms with Gasteiger partial charge in [0.1, 0.15) is 30.2 Å². The van der Waals surface area contributed by atoms with Gasteiger partial charge >= 0.3 is 0 Å². The van der Waals surface area contributed by atoms with Crippen molar-refractivity contribution in [3.8, 4) is 5.75 Å². The predicted octanol–water partition coefficient (Wildman–Crippen LogP) is 2.37. The second-order valence-corrected chi connectivity index (χ2v) is 7.79. The summed E-state index contributed by atoms with van der Waals surface area (Å²) in [6.07, 6.45) is -0.00224. The first-order chi connectivity index (χ1) is 13.4. The lowest BCUT2D eigenvalue weighted by Gasteiger charge is -2.28. The van der Waals surface area contributed by atoms with Crippen molar-refractivity contribution in [3.05, 3.63) is 29.8 Å². The van der Waals surface area contributed by atoms with E-state index in [0.29, 0.717) is 6.61 Å². The summed E-state index contributed by atoms with van der Waals surface area (Å²) < 4.78 is 29.1. The Labute approximate surface area is 166 Å². The van der Waals surface area contributed by atoms with Crippen molar-refractivity contribution in [1.82, 2.24) is 0 Å². The Morgan fingerprint density at radius 1 is 1.14 bits per heavy atom. The summed E-state index contributed by atoms with van der Waals surface area (Å²) in [6.45, 7) is 6.41. The first kappa shape index (κ1) is 21.5. The zero-order valence-corrected chi connectivity index (χ0v) is 16.9. The molecule has 0 aromatic heterocycles. The molecule has 2 heterocycles. The highest BCUT2D eigenvalue weighted by atomic mass is 16.8. The van der Waals surface area contributed by atoms with Crippen LogP contribution in [-0.2, 0) is 25.6 Å². The predicted molar refractivity (Wildman–Crippen MR) is 102 cm³/mol. The number of rotatable bonds is 10. The van der Waals surface area contributed by atoms with Gasteiger partial charge in [0.2, 0.25) is 0 Å². The molecule has 0 amide bonds. The summed E-state index contributed by atoms with van der Waals surface area (Å²) in [7, 11) is 0. The standard InChI is InChI=1S/C21H32O7/c1-4-5-6-11-24-15-9-7-14(8-10-15)13-25-18-17(16(23)12-22)26-20-19(18)27-21(2,3)28-20/h7-10,16-20,22-23H,4-6,11-13H2,1-3H3. The van der Waals surface area contributed by atoms with Crippen LogP contribution in [0.15, 0.2) is 24.3 Å². The average Bonchev–Trinajstić information content (AvgIpc) is 3.15. The van der Waals surface area contributed by atoms with Crippen molar-refractivity contribution < 1.29 is 33.9 Å². The minimum Gasteiger partial charge on any atom is -0.494 e. The summed E-state index contributed by atoms with van der Waals surface area (Å²) in [6, 6.07) is 7.76. The van der Waals surface area contributed by atoms with E-state index in [4.69, 9.17) is 23.7 Å². The van der Waals surface area contributed by atoms with Crippen LogP contribution in [0.5, 0.6) is 5.75 Å². The number of benzene rings is 1. The highest BCUT2D eigenvalue weighted by Gasteiger charge is 2.56. The van der Waals surface area contributed by atoms with Gasteiger partial charge in [-0.25, -0.2) is 0 Å². The first-order valence-electron chi connectivity index (χ1n) is 10.1. The second kappa shape index (κ2) is 9.52. The zero-order valence-electron chi connectivity index (χ0n) is 16.9. The van der Waals surface area contributed by atoms with E-state index in [1.165, 1.54) is 12.8 Å². The van der Waals surface area contributed by atoms with Crippen molar-refractivity contribution >= 4 is 0 Å². The molecule has 7 heteroatoms. The average molecular weight is 396 g/mol. The van der Waals surface area contributed by atoms with Crippen LogP contribution in [0, 0.1) is 0 Å². The fourth-order valence-corrected chi connectivity index (χ4v) is 3.52. The van der Waals surface area contributed by atoms with Gasteiger partial charge in [-0.15, -0.1) is 0 Å². The van der Waals surface area contributed by atoms with Gasteiger partial charge in [0, 0.05) is 0 Å². The van der Waals surface area contributed by atoms with Crippen LogP contribution in [0.3, 0.4) is 0 Å². The van der Waals surface area contributed by atoms with Crippen LogP contribution >= 0.6 is 0 Å². The van der Waals surface area contributed by atoms with Gasteiger partial charge in [-0.05, 0) is 38.0 Å². The normalized spacial score (nSPS) is 29.6. The van der Waals surface area contributed by atoms with Crippen molar-refractivity contribution in [2.45, 2.75) is 83.1 Å². The van der Waals surface area contributed by atoms with E-state index < -0.39 is 43.1 Å². The zero-order chi connectivity index (χ0) is 20.1. The Balaban J connectivity index is 1.56. The van der Waals surface area contributed by atoms with E-state index >= 15 is 0 Å². The summed E-state index contributed by atoms with van der Waals surface area (Å²) in [4.78, 5) is 0. The molecular weight excluding hydrogens is 364 g/mol. The van der Waals surface area contributed by atoms with Crippen molar-refractivity contribution in [2.24, 2.45) is 0 Å². The smallest absolute Gasteiger partial charge is 0.190 e. The third-order valence-electron chi connectivity index (χ3n) is 4.98. The van der Waals surface area contributed by atoms with E-state index in [0.717, 1.165) is 24.3 Å². The van der Waals surface area contributed by atoms with Crippen LogP contribution in [0.1, 0.15) is 45.6 Å². The minimum atomic E-state index is -1.06. The maximum Gasteiger partial charge on any atom is 0.190 e. The van der Waals surface area contributed by atoms with Gasteiger partial charge in [-0.3, -0.25) is 0 Å². The van der Waals surface area contributed by atoms with E-state index in [2.05, 4.69) is 6.92 Å². The quantitative estimate of drug-likeness (QED) is 0.587. The molecule has 0 radical (unpaired) electrons. The Hall–Kier alpha value is -1.22. The lowest BCUT2D eigenvalue weighted by Crippen LogP contribution is -2.44. The molecule has 0 spiro atoms. The molecule has 2 fully saturated rings. The highest BCUT2D eigenvalue weighted by Crippen LogP contribution is 2.39. The lowest BCUT2D eigenvalue weighted by molar-refractivity contribution is -0.232. The monoisotopic (exact) mass is 396 g/mol. The Kier molecular flexibility index (Phi) is 7.31. The van der Waals surface area contributed by atoms with Gasteiger partial charge in [-0.2, -0.15) is 0 Å². The largest absolute Gasteiger partial charge is 0.494 e. The van der Waals surface area contributed by atoms with Crippen molar-refractivity contribution in [2.75, 3.05) is 13.2 Å². The molecule has 2 aliphatic rings. The third kappa shape index (κ3) is 5.23. The molecule has 0 aliphatic carbocycles. The third-order valence-corrected chi connectivity index (χ3v) is 4.98. The number of hydrogen-bond donors (Lipinski definition) is 2. The molecule has 1 aromatic carbocycles. The van der Waals surface area contributed by atoms with Crippen molar-refractivity contribution in [3.63, 3.8) is 0 Å². The molecule has 0 bridgehead atoms. The number of unbranched alkanes of at least 4 members (excludes halogenated alkanes) is 2.